The number of rotatable bonds is 9. The van der Waals surface area contributed by atoms with Crippen molar-refractivity contribution in [1.82, 2.24) is 5.43 Å². The molecule has 6 heteroatoms. The topological polar surface area (TPSA) is 69.2 Å². The Labute approximate surface area is 153 Å². The van der Waals surface area contributed by atoms with Crippen molar-refractivity contribution in [1.29, 1.82) is 0 Å². The minimum atomic E-state index is -0.332. The number of amides is 1. The predicted octanol–water partition coefficient (Wildman–Crippen LogP) is 3.65. The molecule has 26 heavy (non-hydrogen) atoms. The second-order valence-electron chi connectivity index (χ2n) is 5.54. The van der Waals surface area contributed by atoms with E-state index in [-0.39, 0.29) is 5.91 Å². The van der Waals surface area contributed by atoms with Crippen molar-refractivity contribution in [2.24, 2.45) is 5.10 Å². The zero-order valence-electron chi connectivity index (χ0n) is 15.3. The standard InChI is InChI=1S/C20H24N2O4/c1-4-5-12-26-17-9-6-15(7-10-17)14-21-22-20(23)16-8-11-18(24-2)19(13-16)25-3/h6-11,13-14H,4-5,12H2,1-3H3,(H,22,23). The molecule has 2 aromatic rings. The lowest BCUT2D eigenvalue weighted by Gasteiger charge is -2.08. The molecule has 1 amide bonds. The summed E-state index contributed by atoms with van der Waals surface area (Å²) in [5.74, 6) is 1.54. The van der Waals surface area contributed by atoms with Gasteiger partial charge in [-0.2, -0.15) is 5.10 Å². The molecular weight excluding hydrogens is 332 g/mol. The highest BCUT2D eigenvalue weighted by Gasteiger charge is 2.09. The third-order valence-electron chi connectivity index (χ3n) is 3.67. The van der Waals surface area contributed by atoms with Gasteiger partial charge >= 0.3 is 0 Å². The quantitative estimate of drug-likeness (QED) is 0.423. The van der Waals surface area contributed by atoms with Gasteiger partial charge in [0, 0.05) is 5.56 Å². The van der Waals surface area contributed by atoms with Gasteiger partial charge in [-0.15, -0.1) is 0 Å². The Morgan fingerprint density at radius 3 is 2.46 bits per heavy atom. The molecule has 1 N–H and O–H groups in total. The van der Waals surface area contributed by atoms with Gasteiger partial charge in [-0.3, -0.25) is 4.79 Å². The van der Waals surface area contributed by atoms with Gasteiger partial charge in [0.15, 0.2) is 11.5 Å². The molecular formula is C20H24N2O4. The highest BCUT2D eigenvalue weighted by atomic mass is 16.5. The van der Waals surface area contributed by atoms with Crippen LogP contribution >= 0.6 is 0 Å². The molecule has 0 bridgehead atoms. The zero-order valence-corrected chi connectivity index (χ0v) is 15.3. The Hall–Kier alpha value is -3.02. The predicted molar refractivity (Wildman–Crippen MR) is 101 cm³/mol. The minimum absolute atomic E-state index is 0.332. The Morgan fingerprint density at radius 2 is 1.81 bits per heavy atom. The van der Waals surface area contributed by atoms with E-state index in [0.29, 0.717) is 23.7 Å². The number of hydrazone groups is 1. The molecule has 0 saturated heterocycles. The van der Waals surface area contributed by atoms with E-state index in [1.165, 1.54) is 7.11 Å². The van der Waals surface area contributed by atoms with E-state index >= 15 is 0 Å². The lowest BCUT2D eigenvalue weighted by Crippen LogP contribution is -2.17. The van der Waals surface area contributed by atoms with Crippen LogP contribution < -0.4 is 19.6 Å². The second kappa shape index (κ2) is 10.1. The summed E-state index contributed by atoms with van der Waals surface area (Å²) < 4.78 is 16.0. The van der Waals surface area contributed by atoms with Crippen molar-refractivity contribution in [3.05, 3.63) is 53.6 Å². The average Bonchev–Trinajstić information content (AvgIpc) is 2.68. The third-order valence-corrected chi connectivity index (χ3v) is 3.67. The number of nitrogens with one attached hydrogen (secondary N) is 1. The number of carbonyl (C=O) groups is 1. The van der Waals surface area contributed by atoms with Gasteiger partial charge in [-0.1, -0.05) is 13.3 Å². The van der Waals surface area contributed by atoms with E-state index in [9.17, 15) is 4.79 Å². The third kappa shape index (κ3) is 5.51. The molecule has 0 atom stereocenters. The van der Waals surface area contributed by atoms with Crippen molar-refractivity contribution in [3.63, 3.8) is 0 Å². The van der Waals surface area contributed by atoms with Crippen LogP contribution in [-0.2, 0) is 0 Å². The summed E-state index contributed by atoms with van der Waals surface area (Å²) in [4.78, 5) is 12.2. The van der Waals surface area contributed by atoms with Crippen LogP contribution in [0.1, 0.15) is 35.7 Å². The number of benzene rings is 2. The molecule has 0 saturated carbocycles. The number of hydrogen-bond donors (Lipinski definition) is 1. The van der Waals surface area contributed by atoms with E-state index < -0.39 is 0 Å². The van der Waals surface area contributed by atoms with E-state index in [4.69, 9.17) is 14.2 Å². The molecule has 2 rings (SSSR count). The Morgan fingerprint density at radius 1 is 1.08 bits per heavy atom. The van der Waals surface area contributed by atoms with Crippen molar-refractivity contribution in [3.8, 4) is 17.2 Å². The number of hydrogen-bond acceptors (Lipinski definition) is 5. The molecule has 138 valence electrons. The molecule has 0 heterocycles. The van der Waals surface area contributed by atoms with Crippen LogP contribution in [0.4, 0.5) is 0 Å². The smallest absolute Gasteiger partial charge is 0.271 e. The first-order valence-corrected chi connectivity index (χ1v) is 8.46. The Kier molecular flexibility index (Phi) is 7.49. The summed E-state index contributed by atoms with van der Waals surface area (Å²) in [5, 5.41) is 3.98. The molecule has 0 aliphatic carbocycles. The number of methoxy groups -OCH3 is 2. The van der Waals surface area contributed by atoms with Crippen LogP contribution in [0.2, 0.25) is 0 Å². The highest BCUT2D eigenvalue weighted by molar-refractivity contribution is 5.95. The number of carbonyl (C=O) groups excluding carboxylic acids is 1. The van der Waals surface area contributed by atoms with Crippen LogP contribution in [0.15, 0.2) is 47.6 Å². The number of nitrogens with zero attached hydrogens (tertiary/aromatic N) is 1. The maximum Gasteiger partial charge on any atom is 0.271 e. The summed E-state index contributed by atoms with van der Waals surface area (Å²) in [6, 6.07) is 12.5. The monoisotopic (exact) mass is 356 g/mol. The molecule has 0 unspecified atom stereocenters. The summed E-state index contributed by atoms with van der Waals surface area (Å²) >= 11 is 0. The first kappa shape index (κ1) is 19.3. The minimum Gasteiger partial charge on any atom is -0.494 e. The van der Waals surface area contributed by atoms with Gasteiger partial charge in [-0.25, -0.2) is 5.43 Å². The normalized spacial score (nSPS) is 10.6. The fraction of sp³-hybridized carbons (Fsp3) is 0.300. The number of unbranched alkanes of at least 4 members (excludes halogenated alkanes) is 1. The summed E-state index contributed by atoms with van der Waals surface area (Å²) in [5.41, 5.74) is 3.79. The summed E-state index contributed by atoms with van der Waals surface area (Å²) in [6.45, 7) is 2.84. The van der Waals surface area contributed by atoms with Crippen molar-refractivity contribution in [2.45, 2.75) is 19.8 Å². The highest BCUT2D eigenvalue weighted by Crippen LogP contribution is 2.27. The maximum atomic E-state index is 12.2. The van der Waals surface area contributed by atoms with Gasteiger partial charge in [-0.05, 0) is 54.4 Å². The van der Waals surface area contributed by atoms with E-state index in [1.54, 1.807) is 31.5 Å². The van der Waals surface area contributed by atoms with Crippen molar-refractivity contribution < 1.29 is 19.0 Å². The van der Waals surface area contributed by atoms with Gasteiger partial charge in [0.2, 0.25) is 0 Å². The number of ether oxygens (including phenoxy) is 3. The van der Waals surface area contributed by atoms with Gasteiger partial charge in [0.25, 0.3) is 5.91 Å². The first-order chi connectivity index (χ1) is 12.7. The Balaban J connectivity index is 1.92. The molecule has 0 spiro atoms. The fourth-order valence-electron chi connectivity index (χ4n) is 2.19. The van der Waals surface area contributed by atoms with Crippen LogP contribution in [0.5, 0.6) is 17.2 Å². The van der Waals surface area contributed by atoms with Crippen LogP contribution in [0.25, 0.3) is 0 Å². The van der Waals surface area contributed by atoms with Crippen molar-refractivity contribution >= 4 is 12.1 Å². The van der Waals surface area contributed by atoms with Crippen LogP contribution in [0, 0.1) is 0 Å². The fourth-order valence-corrected chi connectivity index (χ4v) is 2.19. The molecule has 6 nitrogen and oxygen atoms in total. The lowest BCUT2D eigenvalue weighted by molar-refractivity contribution is 0.0954. The van der Waals surface area contributed by atoms with Gasteiger partial charge < -0.3 is 14.2 Å². The van der Waals surface area contributed by atoms with Crippen LogP contribution in [-0.4, -0.2) is 32.9 Å². The van der Waals surface area contributed by atoms with E-state index in [2.05, 4.69) is 17.5 Å². The largest absolute Gasteiger partial charge is 0.494 e. The summed E-state index contributed by atoms with van der Waals surface area (Å²) in [6.07, 6.45) is 3.71. The molecule has 0 aliphatic rings. The van der Waals surface area contributed by atoms with Crippen molar-refractivity contribution in [2.75, 3.05) is 20.8 Å². The molecule has 0 aromatic heterocycles. The maximum absolute atomic E-state index is 12.2. The van der Waals surface area contributed by atoms with Crippen LogP contribution in [0.3, 0.4) is 0 Å². The lowest BCUT2D eigenvalue weighted by atomic mass is 10.2. The first-order valence-electron chi connectivity index (χ1n) is 8.46. The summed E-state index contributed by atoms with van der Waals surface area (Å²) in [7, 11) is 3.06. The molecule has 0 fully saturated rings. The Bertz CT molecular complexity index is 742. The zero-order chi connectivity index (χ0) is 18.8. The van der Waals surface area contributed by atoms with E-state index in [0.717, 1.165) is 24.2 Å². The SMILES string of the molecule is CCCCOc1ccc(C=NNC(=O)c2ccc(OC)c(OC)c2)cc1. The molecule has 0 aliphatic heterocycles. The second-order valence-corrected chi connectivity index (χ2v) is 5.54. The van der Waals surface area contributed by atoms with E-state index in [1.807, 2.05) is 24.3 Å². The molecule has 2 aromatic carbocycles. The van der Waals surface area contributed by atoms with Gasteiger partial charge in [0.05, 0.1) is 27.0 Å². The van der Waals surface area contributed by atoms with Gasteiger partial charge in [0.1, 0.15) is 5.75 Å². The average molecular weight is 356 g/mol. The molecule has 0 radical (unpaired) electrons.